The van der Waals surface area contributed by atoms with Crippen molar-refractivity contribution in [1.29, 1.82) is 0 Å². The molecular weight excluding hydrogens is 283 g/mol. The van der Waals surface area contributed by atoms with Gasteiger partial charge in [0, 0.05) is 18.7 Å². The van der Waals surface area contributed by atoms with Crippen molar-refractivity contribution < 1.29 is 4.74 Å². The average Bonchev–Trinajstić information content (AvgIpc) is 2.35. The quantitative estimate of drug-likeness (QED) is 0.835. The zero-order valence-corrected chi connectivity index (χ0v) is 12.8. The Labute approximate surface area is 124 Å². The highest BCUT2D eigenvalue weighted by atomic mass is 35.5. The summed E-state index contributed by atoms with van der Waals surface area (Å²) < 4.78 is 5.55. The van der Waals surface area contributed by atoms with Crippen molar-refractivity contribution in [3.8, 4) is 0 Å². The molecule has 0 radical (unpaired) electrons. The second-order valence-electron chi connectivity index (χ2n) is 5.19. The van der Waals surface area contributed by atoms with E-state index >= 15 is 0 Å². The predicted octanol–water partition coefficient (Wildman–Crippen LogP) is 3.79. The van der Waals surface area contributed by atoms with E-state index in [-0.39, 0.29) is 6.04 Å². The van der Waals surface area contributed by atoms with Gasteiger partial charge in [-0.2, -0.15) is 0 Å². The predicted molar refractivity (Wildman–Crippen MR) is 80.9 cm³/mol. The molecule has 1 aliphatic heterocycles. The van der Waals surface area contributed by atoms with Crippen molar-refractivity contribution in [3.05, 3.63) is 27.7 Å². The Balaban J connectivity index is 2.05. The highest BCUT2D eigenvalue weighted by molar-refractivity contribution is 6.38. The highest BCUT2D eigenvalue weighted by Gasteiger charge is 2.21. The minimum atomic E-state index is 0.186. The van der Waals surface area contributed by atoms with E-state index in [4.69, 9.17) is 33.7 Å². The Hall–Kier alpha value is -0.480. The Morgan fingerprint density at radius 2 is 2.00 bits per heavy atom. The van der Waals surface area contributed by atoms with Gasteiger partial charge in [-0.3, -0.25) is 0 Å². The van der Waals surface area contributed by atoms with Crippen LogP contribution in [0.5, 0.6) is 0 Å². The summed E-state index contributed by atoms with van der Waals surface area (Å²) in [6.45, 7) is 5.03. The monoisotopic (exact) mass is 302 g/mol. The van der Waals surface area contributed by atoms with Crippen LogP contribution in [0, 0.1) is 0 Å². The van der Waals surface area contributed by atoms with Crippen LogP contribution in [0.4, 0.5) is 5.69 Å². The van der Waals surface area contributed by atoms with E-state index in [1.807, 2.05) is 12.1 Å². The standard InChI is InChI=1S/C14H20Cl2N2O/c1-8-5-11(3-4-19-8)18-9(2)10-6-12(15)14(17)13(16)7-10/h6-9,11,18H,3-5,17H2,1-2H3. The molecule has 3 unspecified atom stereocenters. The molecule has 0 spiro atoms. The molecule has 5 heteroatoms. The summed E-state index contributed by atoms with van der Waals surface area (Å²) in [6.07, 6.45) is 2.38. The summed E-state index contributed by atoms with van der Waals surface area (Å²) in [5.41, 5.74) is 7.25. The minimum absolute atomic E-state index is 0.186. The normalized spacial score (nSPS) is 25.3. The van der Waals surface area contributed by atoms with Crippen LogP contribution in [0.15, 0.2) is 12.1 Å². The van der Waals surface area contributed by atoms with Gasteiger partial charge in [-0.05, 0) is 44.4 Å². The van der Waals surface area contributed by atoms with Crippen molar-refractivity contribution in [2.45, 2.75) is 44.9 Å². The second-order valence-corrected chi connectivity index (χ2v) is 6.00. The highest BCUT2D eigenvalue weighted by Crippen LogP contribution is 2.31. The molecule has 1 aromatic rings. The summed E-state index contributed by atoms with van der Waals surface area (Å²) in [5.74, 6) is 0. The molecule has 0 bridgehead atoms. The van der Waals surface area contributed by atoms with Crippen LogP contribution in [0.3, 0.4) is 0 Å². The topological polar surface area (TPSA) is 47.3 Å². The molecule has 1 aromatic carbocycles. The van der Waals surface area contributed by atoms with E-state index < -0.39 is 0 Å². The number of hydrogen-bond acceptors (Lipinski definition) is 3. The van der Waals surface area contributed by atoms with Gasteiger partial charge in [0.1, 0.15) is 0 Å². The van der Waals surface area contributed by atoms with Crippen molar-refractivity contribution >= 4 is 28.9 Å². The van der Waals surface area contributed by atoms with E-state index in [0.29, 0.717) is 27.9 Å². The van der Waals surface area contributed by atoms with Gasteiger partial charge < -0.3 is 15.8 Å². The average molecular weight is 303 g/mol. The SMILES string of the molecule is CC1CC(NC(C)c2cc(Cl)c(N)c(Cl)c2)CCO1. The molecule has 1 heterocycles. The zero-order valence-electron chi connectivity index (χ0n) is 11.2. The minimum Gasteiger partial charge on any atom is -0.396 e. The van der Waals surface area contributed by atoms with Gasteiger partial charge in [-0.25, -0.2) is 0 Å². The number of rotatable bonds is 3. The molecule has 3 atom stereocenters. The van der Waals surface area contributed by atoms with E-state index in [1.165, 1.54) is 0 Å². The molecule has 1 saturated heterocycles. The number of halogens is 2. The number of ether oxygens (including phenoxy) is 1. The van der Waals surface area contributed by atoms with Crippen LogP contribution < -0.4 is 11.1 Å². The third kappa shape index (κ3) is 3.76. The largest absolute Gasteiger partial charge is 0.396 e. The number of nitrogens with one attached hydrogen (secondary N) is 1. The summed E-state index contributed by atoms with van der Waals surface area (Å²) in [5, 5.41) is 4.62. The first kappa shape index (κ1) is 14.9. The summed E-state index contributed by atoms with van der Waals surface area (Å²) >= 11 is 12.1. The summed E-state index contributed by atoms with van der Waals surface area (Å²) in [4.78, 5) is 0. The lowest BCUT2D eigenvalue weighted by Crippen LogP contribution is -2.39. The lowest BCUT2D eigenvalue weighted by atomic mass is 10.0. The molecule has 106 valence electrons. The van der Waals surface area contributed by atoms with E-state index in [0.717, 1.165) is 25.0 Å². The first-order valence-corrected chi connectivity index (χ1v) is 7.35. The number of nitrogens with two attached hydrogens (primary N) is 1. The maximum absolute atomic E-state index is 6.07. The van der Waals surface area contributed by atoms with Gasteiger partial charge in [0.25, 0.3) is 0 Å². The molecule has 3 N–H and O–H groups in total. The number of benzene rings is 1. The fourth-order valence-electron chi connectivity index (χ4n) is 2.45. The van der Waals surface area contributed by atoms with Crippen molar-refractivity contribution in [2.75, 3.05) is 12.3 Å². The van der Waals surface area contributed by atoms with Gasteiger partial charge in [0.15, 0.2) is 0 Å². The van der Waals surface area contributed by atoms with E-state index in [1.54, 1.807) is 0 Å². The smallest absolute Gasteiger partial charge is 0.0693 e. The zero-order chi connectivity index (χ0) is 14.0. The van der Waals surface area contributed by atoms with E-state index in [2.05, 4.69) is 19.2 Å². The van der Waals surface area contributed by atoms with Gasteiger partial charge in [-0.1, -0.05) is 23.2 Å². The fourth-order valence-corrected chi connectivity index (χ4v) is 2.96. The van der Waals surface area contributed by atoms with Gasteiger partial charge >= 0.3 is 0 Å². The molecule has 0 amide bonds. The Kier molecular flexibility index (Phi) is 4.96. The summed E-state index contributed by atoms with van der Waals surface area (Å²) in [7, 11) is 0. The Morgan fingerprint density at radius 1 is 1.37 bits per heavy atom. The van der Waals surface area contributed by atoms with Crippen LogP contribution in [0.25, 0.3) is 0 Å². The first-order chi connectivity index (χ1) is 8.97. The van der Waals surface area contributed by atoms with Crippen LogP contribution in [0.1, 0.15) is 38.3 Å². The molecule has 1 aliphatic rings. The lowest BCUT2D eigenvalue weighted by molar-refractivity contribution is 0.0116. The molecule has 0 aliphatic carbocycles. The van der Waals surface area contributed by atoms with Gasteiger partial charge in [0.2, 0.25) is 0 Å². The third-order valence-corrected chi connectivity index (χ3v) is 4.20. The molecule has 2 rings (SSSR count). The third-order valence-electron chi connectivity index (χ3n) is 3.57. The Morgan fingerprint density at radius 3 is 2.58 bits per heavy atom. The molecule has 3 nitrogen and oxygen atoms in total. The van der Waals surface area contributed by atoms with Crippen molar-refractivity contribution in [2.24, 2.45) is 0 Å². The maximum atomic E-state index is 6.07. The number of anilines is 1. The van der Waals surface area contributed by atoms with E-state index in [9.17, 15) is 0 Å². The number of hydrogen-bond donors (Lipinski definition) is 2. The van der Waals surface area contributed by atoms with Crippen molar-refractivity contribution in [3.63, 3.8) is 0 Å². The van der Waals surface area contributed by atoms with Crippen molar-refractivity contribution in [1.82, 2.24) is 5.32 Å². The molecule has 19 heavy (non-hydrogen) atoms. The van der Waals surface area contributed by atoms with Gasteiger partial charge in [0.05, 0.1) is 21.8 Å². The summed E-state index contributed by atoms with van der Waals surface area (Å²) in [6, 6.07) is 4.41. The van der Waals surface area contributed by atoms with Crippen LogP contribution >= 0.6 is 23.2 Å². The first-order valence-electron chi connectivity index (χ1n) is 6.59. The van der Waals surface area contributed by atoms with Crippen LogP contribution in [-0.4, -0.2) is 18.8 Å². The molecule has 1 fully saturated rings. The Bertz CT molecular complexity index is 430. The molecule has 0 saturated carbocycles. The van der Waals surface area contributed by atoms with Crippen LogP contribution in [-0.2, 0) is 4.74 Å². The lowest BCUT2D eigenvalue weighted by Gasteiger charge is -2.30. The molecule has 0 aromatic heterocycles. The van der Waals surface area contributed by atoms with Gasteiger partial charge in [-0.15, -0.1) is 0 Å². The maximum Gasteiger partial charge on any atom is 0.0693 e. The fraction of sp³-hybridized carbons (Fsp3) is 0.571. The van der Waals surface area contributed by atoms with Crippen LogP contribution in [0.2, 0.25) is 10.0 Å². The number of nitrogen functional groups attached to an aromatic ring is 1. The second kappa shape index (κ2) is 6.31. The molecular formula is C14H20Cl2N2O.